The summed E-state index contributed by atoms with van der Waals surface area (Å²) in [5.41, 5.74) is 13.1. The van der Waals surface area contributed by atoms with Crippen LogP contribution in [0.25, 0.3) is 0 Å². The lowest BCUT2D eigenvalue weighted by atomic mass is 9.93. The molecule has 3 aliphatic carbocycles. The Labute approximate surface area is 300 Å². The fourth-order valence-electron chi connectivity index (χ4n) is 7.80. The van der Waals surface area contributed by atoms with E-state index < -0.39 is 0 Å². The van der Waals surface area contributed by atoms with E-state index in [9.17, 15) is 0 Å². The Morgan fingerprint density at radius 2 is 0.562 bits per heavy atom. The smallest absolute Gasteiger partial charge is 0.0406 e. The Kier molecular flexibility index (Phi) is 10.3. The maximum atomic E-state index is 5.92. The average Bonchev–Trinajstić information content (AvgIpc) is 3.88. The van der Waals surface area contributed by atoms with E-state index in [4.69, 9.17) is 34.8 Å². The van der Waals surface area contributed by atoms with Gasteiger partial charge in [0.05, 0.1) is 0 Å². The lowest BCUT2D eigenvalue weighted by Crippen LogP contribution is -1.95. The highest BCUT2D eigenvalue weighted by atomic mass is 35.5. The predicted molar refractivity (Wildman–Crippen MR) is 204 cm³/mol. The molecule has 3 heteroatoms. The quantitative estimate of drug-likeness (QED) is 0.174. The number of fused-ring (bicyclic) bond motifs is 3. The molecular weight excluding hydrogens is 647 g/mol. The summed E-state index contributed by atoms with van der Waals surface area (Å²) in [4.78, 5) is 0. The minimum absolute atomic E-state index is 0.563. The van der Waals surface area contributed by atoms with Gasteiger partial charge in [0.15, 0.2) is 0 Å². The van der Waals surface area contributed by atoms with Gasteiger partial charge in [-0.15, -0.1) is 0 Å². The third-order valence-corrected chi connectivity index (χ3v) is 11.0. The molecule has 0 nitrogen and oxygen atoms in total. The first-order chi connectivity index (χ1) is 23.5. The normalized spacial score (nSPS) is 18.4. The molecule has 0 saturated heterocycles. The zero-order valence-electron chi connectivity index (χ0n) is 27.0. The topological polar surface area (TPSA) is 0 Å². The monoisotopic (exact) mass is 684 g/mol. The van der Waals surface area contributed by atoms with Gasteiger partial charge in [0.25, 0.3) is 0 Å². The molecule has 3 atom stereocenters. The van der Waals surface area contributed by atoms with Crippen LogP contribution >= 0.6 is 34.8 Å². The van der Waals surface area contributed by atoms with Gasteiger partial charge in [0.1, 0.15) is 0 Å². The molecule has 0 fully saturated rings. The van der Waals surface area contributed by atoms with Gasteiger partial charge in [-0.3, -0.25) is 0 Å². The molecule has 9 rings (SSSR count). The van der Waals surface area contributed by atoms with Crippen LogP contribution in [0.1, 0.15) is 87.1 Å². The summed E-state index contributed by atoms with van der Waals surface area (Å²) < 4.78 is 0. The van der Waals surface area contributed by atoms with Crippen LogP contribution in [-0.4, -0.2) is 0 Å². The van der Waals surface area contributed by atoms with E-state index in [0.29, 0.717) is 17.8 Å². The molecule has 48 heavy (non-hydrogen) atoms. The molecule has 240 valence electrons. The second kappa shape index (κ2) is 15.2. The van der Waals surface area contributed by atoms with Crippen molar-refractivity contribution in [3.63, 3.8) is 0 Å². The highest BCUT2D eigenvalue weighted by Crippen LogP contribution is 2.40. The predicted octanol–water partition coefficient (Wildman–Crippen LogP) is 13.3. The summed E-state index contributed by atoms with van der Waals surface area (Å²) in [7, 11) is 0. The van der Waals surface area contributed by atoms with E-state index in [-0.39, 0.29) is 0 Å². The SMILES string of the molecule is Clc1ccc([C@@H]2CCc3ccccc32)cc1.Clc1ccc([C@@H]2CCc3ccccc32)cc1.Clc1ccc([C@@H]2CCc3ccccc32)cc1. The Bertz CT molecular complexity index is 1730. The number of halogens is 3. The molecule has 6 aromatic carbocycles. The van der Waals surface area contributed by atoms with Gasteiger partial charge in [-0.25, -0.2) is 0 Å². The molecule has 0 aliphatic heterocycles. The molecular formula is C45H39Cl3. The van der Waals surface area contributed by atoms with Crippen molar-refractivity contribution in [1.29, 1.82) is 0 Å². The van der Waals surface area contributed by atoms with Gasteiger partial charge in [-0.2, -0.15) is 0 Å². The van der Waals surface area contributed by atoms with Crippen molar-refractivity contribution in [2.75, 3.05) is 0 Å². The number of rotatable bonds is 3. The molecule has 0 amide bonds. The van der Waals surface area contributed by atoms with Crippen LogP contribution in [-0.2, 0) is 19.3 Å². The van der Waals surface area contributed by atoms with Crippen LogP contribution in [0.15, 0.2) is 146 Å². The van der Waals surface area contributed by atoms with E-state index in [1.807, 2.05) is 36.4 Å². The Morgan fingerprint density at radius 1 is 0.312 bits per heavy atom. The van der Waals surface area contributed by atoms with Crippen molar-refractivity contribution < 1.29 is 0 Å². The summed E-state index contributed by atoms with van der Waals surface area (Å²) in [6.07, 6.45) is 7.26. The zero-order valence-corrected chi connectivity index (χ0v) is 29.2. The summed E-state index contributed by atoms with van der Waals surface area (Å²) in [5.74, 6) is 1.69. The summed E-state index contributed by atoms with van der Waals surface area (Å²) in [6.45, 7) is 0. The standard InChI is InChI=1S/3C15H13Cl/c3*16-13-8-5-12(6-9-13)15-10-7-11-3-1-2-4-14(11)15/h3*1-6,8-9,15H,7,10H2/t3*15-/m000/s1. The van der Waals surface area contributed by atoms with E-state index in [2.05, 4.69) is 109 Å². The molecule has 0 unspecified atom stereocenters. The fraction of sp³-hybridized carbons (Fsp3) is 0.200. The van der Waals surface area contributed by atoms with E-state index in [1.54, 1.807) is 0 Å². The lowest BCUT2D eigenvalue weighted by Gasteiger charge is -2.11. The largest absolute Gasteiger partial charge is 0.0843 e. The maximum Gasteiger partial charge on any atom is 0.0406 e. The lowest BCUT2D eigenvalue weighted by molar-refractivity contribution is 0.788. The Balaban J connectivity index is 0.000000114. The van der Waals surface area contributed by atoms with Gasteiger partial charge in [0.2, 0.25) is 0 Å². The number of aryl methyl sites for hydroxylation is 3. The van der Waals surface area contributed by atoms with Crippen LogP contribution in [0.4, 0.5) is 0 Å². The summed E-state index contributed by atoms with van der Waals surface area (Å²) >= 11 is 17.8. The molecule has 0 spiro atoms. The van der Waals surface area contributed by atoms with Crippen LogP contribution in [0, 0.1) is 0 Å². The van der Waals surface area contributed by atoms with Crippen molar-refractivity contribution in [2.45, 2.75) is 56.3 Å². The van der Waals surface area contributed by atoms with Gasteiger partial charge in [0, 0.05) is 32.8 Å². The molecule has 0 aromatic heterocycles. The van der Waals surface area contributed by atoms with Crippen molar-refractivity contribution in [1.82, 2.24) is 0 Å². The van der Waals surface area contributed by atoms with Crippen molar-refractivity contribution in [3.8, 4) is 0 Å². The van der Waals surface area contributed by atoms with E-state index in [0.717, 1.165) is 15.1 Å². The zero-order chi connectivity index (χ0) is 32.9. The van der Waals surface area contributed by atoms with Crippen LogP contribution in [0.5, 0.6) is 0 Å². The molecule has 3 aliphatic rings. The second-order valence-electron chi connectivity index (χ2n) is 13.0. The van der Waals surface area contributed by atoms with Crippen molar-refractivity contribution >= 4 is 34.8 Å². The highest BCUT2D eigenvalue weighted by molar-refractivity contribution is 6.31. The van der Waals surface area contributed by atoms with Crippen molar-refractivity contribution in [2.24, 2.45) is 0 Å². The van der Waals surface area contributed by atoms with Crippen LogP contribution < -0.4 is 0 Å². The van der Waals surface area contributed by atoms with E-state index in [1.165, 1.54) is 88.6 Å². The fourth-order valence-corrected chi connectivity index (χ4v) is 8.17. The average molecular weight is 686 g/mol. The van der Waals surface area contributed by atoms with E-state index >= 15 is 0 Å². The number of benzene rings is 6. The molecule has 0 radical (unpaired) electrons. The number of hydrogen-bond donors (Lipinski definition) is 0. The van der Waals surface area contributed by atoms with Gasteiger partial charge in [-0.1, -0.05) is 144 Å². The maximum absolute atomic E-state index is 5.92. The second-order valence-corrected chi connectivity index (χ2v) is 14.3. The molecule has 0 N–H and O–H groups in total. The molecule has 0 heterocycles. The Morgan fingerprint density at radius 3 is 0.833 bits per heavy atom. The molecule has 6 aromatic rings. The Hall–Kier alpha value is -3.81. The van der Waals surface area contributed by atoms with Crippen LogP contribution in [0.2, 0.25) is 15.1 Å². The minimum atomic E-state index is 0.563. The highest BCUT2D eigenvalue weighted by Gasteiger charge is 2.25. The first-order valence-electron chi connectivity index (χ1n) is 17.0. The van der Waals surface area contributed by atoms with Gasteiger partial charge >= 0.3 is 0 Å². The third kappa shape index (κ3) is 7.42. The minimum Gasteiger partial charge on any atom is -0.0843 e. The first kappa shape index (κ1) is 32.7. The summed E-state index contributed by atoms with van der Waals surface area (Å²) in [6, 6.07) is 51.1. The van der Waals surface area contributed by atoms with Gasteiger partial charge < -0.3 is 0 Å². The van der Waals surface area contributed by atoms with Crippen molar-refractivity contribution in [3.05, 3.63) is 211 Å². The summed E-state index contributed by atoms with van der Waals surface area (Å²) in [5, 5.41) is 2.44. The third-order valence-electron chi connectivity index (χ3n) is 10.2. The number of hydrogen-bond acceptors (Lipinski definition) is 0. The van der Waals surface area contributed by atoms with Gasteiger partial charge in [-0.05, 0) is 125 Å². The molecule has 0 saturated carbocycles. The molecule has 0 bridgehead atoms. The van der Waals surface area contributed by atoms with Crippen LogP contribution in [0.3, 0.4) is 0 Å². The first-order valence-corrected chi connectivity index (χ1v) is 18.2.